The summed E-state index contributed by atoms with van der Waals surface area (Å²) in [6, 6.07) is 9.52. The second-order valence-electron chi connectivity index (χ2n) is 5.00. The highest BCUT2D eigenvalue weighted by Gasteiger charge is 2.28. The molecule has 4 heteroatoms. The molecule has 0 aliphatic carbocycles. The zero-order valence-electron chi connectivity index (χ0n) is 11.2. The van der Waals surface area contributed by atoms with Crippen molar-refractivity contribution in [2.45, 2.75) is 26.4 Å². The summed E-state index contributed by atoms with van der Waals surface area (Å²) in [6.45, 7) is 4.53. The van der Waals surface area contributed by atoms with Crippen LogP contribution in [0.4, 0.5) is 0 Å². The number of benzene rings is 1. The summed E-state index contributed by atoms with van der Waals surface area (Å²) in [5.41, 5.74) is 1.09. The monoisotopic (exact) mass is 258 g/mol. The van der Waals surface area contributed by atoms with E-state index < -0.39 is 0 Å². The van der Waals surface area contributed by atoms with Crippen LogP contribution in [0, 0.1) is 5.92 Å². The molecule has 0 fully saturated rings. The number of carbonyl (C=O) groups excluding carboxylic acids is 1. The van der Waals surface area contributed by atoms with Gasteiger partial charge in [0.1, 0.15) is 11.8 Å². The van der Waals surface area contributed by atoms with Gasteiger partial charge in [-0.15, -0.1) is 0 Å². The van der Waals surface area contributed by atoms with Crippen molar-refractivity contribution in [2.75, 3.05) is 0 Å². The Labute approximate surface area is 113 Å². The van der Waals surface area contributed by atoms with Gasteiger partial charge in [0.25, 0.3) is 5.91 Å². The third kappa shape index (κ3) is 3.22. The second kappa shape index (κ2) is 5.69. The Balaban J connectivity index is 2.28. The summed E-state index contributed by atoms with van der Waals surface area (Å²) in [5, 5.41) is 9.67. The minimum atomic E-state index is -0.346. The summed E-state index contributed by atoms with van der Waals surface area (Å²) in [5.74, 6) is -0.0887. The van der Waals surface area contributed by atoms with Crippen LogP contribution >= 0.6 is 0 Å². The van der Waals surface area contributed by atoms with Crippen molar-refractivity contribution in [2.24, 2.45) is 10.9 Å². The molecule has 4 nitrogen and oxygen atoms in total. The molecule has 1 aliphatic rings. The van der Waals surface area contributed by atoms with Crippen molar-refractivity contribution in [3.05, 3.63) is 47.9 Å². The number of hydrogen-bond donors (Lipinski definition) is 1. The molecular weight excluding hydrogens is 240 g/mol. The molecule has 0 aromatic heterocycles. The summed E-state index contributed by atoms with van der Waals surface area (Å²) < 4.78 is 0. The molecule has 0 saturated carbocycles. The number of aliphatic hydroxyl groups is 1. The fourth-order valence-corrected chi connectivity index (χ4v) is 2.24. The third-order valence-electron chi connectivity index (χ3n) is 3.07. The summed E-state index contributed by atoms with van der Waals surface area (Å²) >= 11 is 0. The van der Waals surface area contributed by atoms with Crippen LogP contribution in [0.25, 0.3) is 0 Å². The highest BCUT2D eigenvalue weighted by atomic mass is 16.3. The van der Waals surface area contributed by atoms with E-state index in [2.05, 4.69) is 4.99 Å². The molecule has 1 aromatic carbocycles. The van der Waals surface area contributed by atoms with Gasteiger partial charge in [-0.25, -0.2) is 4.99 Å². The molecule has 1 heterocycles. The Bertz CT molecular complexity index is 506. The first-order valence-electron chi connectivity index (χ1n) is 6.36. The average Bonchev–Trinajstić information content (AvgIpc) is 2.50. The molecule has 1 amide bonds. The van der Waals surface area contributed by atoms with Gasteiger partial charge < -0.3 is 10.0 Å². The van der Waals surface area contributed by atoms with Gasteiger partial charge >= 0.3 is 0 Å². The highest BCUT2D eigenvalue weighted by Crippen LogP contribution is 2.19. The molecule has 0 bridgehead atoms. The molecular formula is C15H18N2O2. The topological polar surface area (TPSA) is 52.9 Å². The maximum atomic E-state index is 12.0. The lowest BCUT2D eigenvalue weighted by atomic mass is 10.0. The number of rotatable bonds is 3. The Morgan fingerprint density at radius 1 is 1.32 bits per heavy atom. The maximum Gasteiger partial charge on any atom is 0.268 e. The molecule has 1 atom stereocenters. The van der Waals surface area contributed by atoms with Gasteiger partial charge in [0.15, 0.2) is 0 Å². The normalized spacial score (nSPS) is 19.5. The Hall–Kier alpha value is -2.10. The zero-order valence-corrected chi connectivity index (χ0v) is 11.2. The van der Waals surface area contributed by atoms with Gasteiger partial charge in [-0.1, -0.05) is 44.2 Å². The minimum Gasteiger partial charge on any atom is -0.505 e. The predicted molar refractivity (Wildman–Crippen MR) is 74.8 cm³/mol. The molecule has 2 rings (SSSR count). The maximum absolute atomic E-state index is 12.0. The number of allylic oxidation sites excluding steroid dienone is 1. The molecule has 0 radical (unpaired) electrons. The fraction of sp³-hybridized carbons (Fsp3) is 0.333. The molecule has 1 aromatic rings. The van der Waals surface area contributed by atoms with Crippen LogP contribution in [0.2, 0.25) is 0 Å². The molecule has 0 saturated heterocycles. The van der Waals surface area contributed by atoms with Crippen LogP contribution in [0.3, 0.4) is 0 Å². The van der Waals surface area contributed by atoms with Crippen LogP contribution in [0.5, 0.6) is 0 Å². The minimum absolute atomic E-state index is 0.00688. The largest absolute Gasteiger partial charge is 0.505 e. The lowest BCUT2D eigenvalue weighted by Gasteiger charge is -2.30. The Kier molecular flexibility index (Phi) is 4.00. The summed E-state index contributed by atoms with van der Waals surface area (Å²) in [6.07, 6.45) is 2.80. The van der Waals surface area contributed by atoms with Crippen molar-refractivity contribution in [1.82, 2.24) is 4.90 Å². The molecule has 1 aliphatic heterocycles. The molecule has 1 N–H and O–H groups in total. The van der Waals surface area contributed by atoms with Crippen LogP contribution in [-0.4, -0.2) is 28.2 Å². The van der Waals surface area contributed by atoms with Gasteiger partial charge in [-0.05, 0) is 11.5 Å². The lowest BCUT2D eigenvalue weighted by molar-refractivity contribution is -0.123. The molecule has 0 spiro atoms. The van der Waals surface area contributed by atoms with Crippen LogP contribution in [0.1, 0.15) is 19.4 Å². The van der Waals surface area contributed by atoms with Crippen molar-refractivity contribution in [1.29, 1.82) is 0 Å². The van der Waals surface area contributed by atoms with E-state index in [-0.39, 0.29) is 23.6 Å². The molecule has 1 unspecified atom stereocenters. The van der Waals surface area contributed by atoms with Gasteiger partial charge in [0.05, 0.1) is 6.21 Å². The quantitative estimate of drug-likeness (QED) is 0.906. The van der Waals surface area contributed by atoms with Gasteiger partial charge in [0.2, 0.25) is 0 Å². The van der Waals surface area contributed by atoms with E-state index in [0.29, 0.717) is 6.54 Å². The number of nitrogens with zero attached hydrogens (tertiary/aromatic N) is 2. The van der Waals surface area contributed by atoms with Crippen molar-refractivity contribution >= 4 is 12.1 Å². The van der Waals surface area contributed by atoms with E-state index in [0.717, 1.165) is 5.56 Å². The number of aliphatic hydroxyl groups excluding tert-OH is 1. The first-order chi connectivity index (χ1) is 9.08. The SMILES string of the molecule is CC(C)C1C(=O)N=CC(O)=CN1Cc1ccccc1. The lowest BCUT2D eigenvalue weighted by Crippen LogP contribution is -2.40. The second-order valence-corrected chi connectivity index (χ2v) is 5.00. The standard InChI is InChI=1S/C15H18N2O2/c1-11(2)14-15(19)16-8-13(18)10-17(14)9-12-6-4-3-5-7-12/h3-8,10-11,14,18H,9H2,1-2H3. The number of hydrogen-bond acceptors (Lipinski definition) is 3. The Morgan fingerprint density at radius 2 is 2.00 bits per heavy atom. The van der Waals surface area contributed by atoms with E-state index >= 15 is 0 Å². The highest BCUT2D eigenvalue weighted by molar-refractivity contribution is 5.94. The smallest absolute Gasteiger partial charge is 0.268 e. The van der Waals surface area contributed by atoms with Crippen LogP contribution < -0.4 is 0 Å². The fourth-order valence-electron chi connectivity index (χ4n) is 2.24. The number of amides is 1. The van der Waals surface area contributed by atoms with E-state index in [1.165, 1.54) is 6.21 Å². The van der Waals surface area contributed by atoms with Crippen LogP contribution in [-0.2, 0) is 11.3 Å². The molecule has 100 valence electrons. The predicted octanol–water partition coefficient (Wildman–Crippen LogP) is 2.52. The van der Waals surface area contributed by atoms with Crippen molar-refractivity contribution < 1.29 is 9.90 Å². The van der Waals surface area contributed by atoms with Gasteiger partial charge in [-0.2, -0.15) is 0 Å². The van der Waals surface area contributed by atoms with E-state index in [9.17, 15) is 9.90 Å². The van der Waals surface area contributed by atoms with Crippen LogP contribution in [0.15, 0.2) is 47.3 Å². The summed E-state index contributed by atoms with van der Waals surface area (Å²) in [4.78, 5) is 17.6. The molecule has 19 heavy (non-hydrogen) atoms. The number of carbonyl (C=O) groups is 1. The first-order valence-corrected chi connectivity index (χ1v) is 6.36. The zero-order chi connectivity index (χ0) is 13.8. The number of aliphatic imine (C=N–C) groups is 1. The van der Waals surface area contributed by atoms with E-state index in [4.69, 9.17) is 0 Å². The third-order valence-corrected chi connectivity index (χ3v) is 3.07. The summed E-state index contributed by atoms with van der Waals surface area (Å²) in [7, 11) is 0. The van der Waals surface area contributed by atoms with E-state index in [1.807, 2.05) is 49.1 Å². The average molecular weight is 258 g/mol. The van der Waals surface area contributed by atoms with E-state index in [1.54, 1.807) is 6.20 Å². The van der Waals surface area contributed by atoms with Crippen molar-refractivity contribution in [3.63, 3.8) is 0 Å². The Morgan fingerprint density at radius 3 is 2.63 bits per heavy atom. The van der Waals surface area contributed by atoms with Gasteiger partial charge in [-0.3, -0.25) is 4.79 Å². The van der Waals surface area contributed by atoms with Gasteiger partial charge in [0, 0.05) is 12.7 Å². The first kappa shape index (κ1) is 13.3. The van der Waals surface area contributed by atoms with Crippen molar-refractivity contribution in [3.8, 4) is 0 Å².